The predicted octanol–water partition coefficient (Wildman–Crippen LogP) is 0.928. The molecule has 0 amide bonds. The fourth-order valence-corrected chi connectivity index (χ4v) is 0.224. The van der Waals surface area contributed by atoms with E-state index in [0.717, 1.165) is 13.1 Å². The molecular formula is C9H12CrNO5P. The number of hydrogen-bond acceptors (Lipinski definition) is 1. The molecule has 6 nitrogen and oxygen atoms in total. The molecule has 8 heteroatoms. The molecule has 0 saturated carbocycles. The molecule has 1 unspecified atom stereocenters. The third-order valence-electron chi connectivity index (χ3n) is 0.812. The summed E-state index contributed by atoms with van der Waals surface area (Å²) in [6.45, 7) is 29.0. The largest absolute Gasteiger partial charge is 0 e. The summed E-state index contributed by atoms with van der Waals surface area (Å²) in [5, 5.41) is 0. The van der Waals surface area contributed by atoms with Crippen molar-refractivity contribution >= 4 is 9.39 Å². The van der Waals surface area contributed by atoms with Gasteiger partial charge in [0.2, 0.25) is 0 Å². The van der Waals surface area contributed by atoms with E-state index in [-0.39, 0.29) is 17.4 Å². The Labute approximate surface area is 115 Å². The first-order valence-corrected chi connectivity index (χ1v) is 3.84. The zero-order valence-corrected chi connectivity index (χ0v) is 11.8. The Hall–Kier alpha value is -0.378. The van der Waals surface area contributed by atoms with Crippen LogP contribution < -0.4 is 0 Å². The molecule has 0 bridgehead atoms. The van der Waals surface area contributed by atoms with Gasteiger partial charge in [-0.1, -0.05) is 23.2 Å². The number of nitrogens with zero attached hydrogens (tertiary/aromatic N) is 1. The Kier molecular flexibility index (Phi) is 403. The molecule has 0 aliphatic carbocycles. The quantitative estimate of drug-likeness (QED) is 0.422. The van der Waals surface area contributed by atoms with Gasteiger partial charge in [0.15, 0.2) is 0 Å². The van der Waals surface area contributed by atoms with Gasteiger partial charge in [-0.05, 0) is 13.1 Å². The van der Waals surface area contributed by atoms with Crippen LogP contribution in [0.2, 0.25) is 0 Å². The van der Waals surface area contributed by atoms with E-state index >= 15 is 0 Å². The van der Waals surface area contributed by atoms with Gasteiger partial charge in [-0.25, -0.2) is 0 Å². The van der Waals surface area contributed by atoms with Gasteiger partial charge in [0, 0.05) is 17.4 Å². The van der Waals surface area contributed by atoms with E-state index in [2.05, 4.69) is 61.2 Å². The molecule has 94 valence electrons. The van der Waals surface area contributed by atoms with Crippen LogP contribution in [0.5, 0.6) is 0 Å². The summed E-state index contributed by atoms with van der Waals surface area (Å²) < 4.78 is 39.7. The van der Waals surface area contributed by atoms with Gasteiger partial charge in [0.25, 0.3) is 0 Å². The number of rotatable bonds is 2. The van der Waals surface area contributed by atoms with Crippen LogP contribution in [0.25, 0.3) is 0 Å². The van der Waals surface area contributed by atoms with Crippen molar-refractivity contribution in [2.45, 2.75) is 13.8 Å². The van der Waals surface area contributed by atoms with Gasteiger partial charge in [-0.3, -0.25) is 4.67 Å². The molecule has 0 rings (SSSR count). The third kappa shape index (κ3) is 221. The summed E-state index contributed by atoms with van der Waals surface area (Å²) >= 11 is 0. The van der Waals surface area contributed by atoms with Crippen molar-refractivity contribution in [2.24, 2.45) is 0 Å². The minimum atomic E-state index is 0. The molecule has 0 aliphatic heterocycles. The molecule has 0 N–H and O–H groups in total. The molecule has 0 radical (unpaired) electrons. The van der Waals surface area contributed by atoms with Crippen LogP contribution >= 0.6 is 9.39 Å². The first kappa shape index (κ1) is 43.8. The first-order chi connectivity index (χ1) is 7.81. The van der Waals surface area contributed by atoms with Gasteiger partial charge >= 0.3 is 56.5 Å². The maximum Gasteiger partial charge on any atom is 0 e. The van der Waals surface area contributed by atoms with Crippen LogP contribution in [0, 0.1) is 33.3 Å². The Balaban J connectivity index is -0.0000000158. The van der Waals surface area contributed by atoms with Gasteiger partial charge < -0.3 is 0 Å². The van der Waals surface area contributed by atoms with E-state index in [1.807, 2.05) is 0 Å². The molecule has 0 fully saturated rings. The van der Waals surface area contributed by atoms with Crippen LogP contribution in [0.15, 0.2) is 0 Å². The summed E-state index contributed by atoms with van der Waals surface area (Å²) in [6.07, 6.45) is 0. The Morgan fingerprint density at radius 3 is 0.824 bits per heavy atom. The average Bonchev–Trinajstić information content (AvgIpc) is 2.48. The normalized spacial score (nSPS) is 4.12. The molecule has 0 aliphatic rings. The topological polar surface area (TPSA) is 103 Å². The summed E-state index contributed by atoms with van der Waals surface area (Å²) in [4.78, 5) is 0. The second-order valence-corrected chi connectivity index (χ2v) is 1.95. The van der Waals surface area contributed by atoms with Crippen LogP contribution in [-0.4, -0.2) is 17.8 Å². The minimum Gasteiger partial charge on any atom is 0 e. The zero-order chi connectivity index (χ0) is 15.0. The van der Waals surface area contributed by atoms with Crippen molar-refractivity contribution in [1.82, 2.24) is 4.67 Å². The smallest absolute Gasteiger partial charge is 0 e. The molecule has 0 aromatic carbocycles. The van der Waals surface area contributed by atoms with E-state index < -0.39 is 0 Å². The molecule has 17 heavy (non-hydrogen) atoms. The van der Waals surface area contributed by atoms with E-state index in [0.29, 0.717) is 0 Å². The zero-order valence-electron chi connectivity index (χ0n) is 9.39. The average molecular weight is 297 g/mol. The van der Waals surface area contributed by atoms with Crippen molar-refractivity contribution < 1.29 is 40.6 Å². The van der Waals surface area contributed by atoms with Gasteiger partial charge in [0.1, 0.15) is 0 Å². The maximum absolute atomic E-state index is 7.50. The van der Waals surface area contributed by atoms with E-state index in [9.17, 15) is 0 Å². The monoisotopic (exact) mass is 297 g/mol. The summed E-state index contributed by atoms with van der Waals surface area (Å²) in [7, 11) is 2.64. The second kappa shape index (κ2) is 156. The van der Waals surface area contributed by atoms with Crippen molar-refractivity contribution in [3.8, 4) is 0 Å². The number of hydrogen-bond donors (Lipinski definition) is 0. The Morgan fingerprint density at radius 1 is 0.706 bits per heavy atom. The fraction of sp³-hybridized carbons (Fsp3) is 0.444. The summed E-state index contributed by atoms with van der Waals surface area (Å²) in [5.74, 6) is 0. The van der Waals surface area contributed by atoms with E-state index in [1.54, 1.807) is 0 Å². The molecule has 0 heterocycles. The van der Waals surface area contributed by atoms with Crippen LogP contribution in [-0.2, 0) is 40.6 Å². The molecule has 0 aromatic heterocycles. The van der Waals surface area contributed by atoms with Crippen LogP contribution in [0.3, 0.4) is 0 Å². The fourth-order valence-electron chi connectivity index (χ4n) is 0.224. The summed E-state index contributed by atoms with van der Waals surface area (Å²) in [6, 6.07) is 0. The van der Waals surface area contributed by atoms with Gasteiger partial charge in [-0.2, -0.15) is 0 Å². The standard InChI is InChI=1S/C4H12NP.5CO.Cr/c1-3-5(6)4-2;5*1-2;/h3-4,6H2,1-2H3;;;;;;. The van der Waals surface area contributed by atoms with E-state index in [4.69, 9.17) is 23.3 Å². The van der Waals surface area contributed by atoms with Crippen molar-refractivity contribution in [3.05, 3.63) is 33.3 Å². The Morgan fingerprint density at radius 2 is 0.824 bits per heavy atom. The van der Waals surface area contributed by atoms with E-state index in [1.165, 1.54) is 0 Å². The van der Waals surface area contributed by atoms with Crippen LogP contribution in [0.4, 0.5) is 0 Å². The molecule has 0 aromatic rings. The Bertz CT molecular complexity index is 140. The van der Waals surface area contributed by atoms with Crippen molar-refractivity contribution in [1.29, 1.82) is 0 Å². The molecule has 0 saturated heterocycles. The third-order valence-corrected chi connectivity index (χ3v) is 1.54. The minimum absolute atomic E-state index is 0. The predicted molar refractivity (Wildman–Crippen MR) is 52.3 cm³/mol. The summed E-state index contributed by atoms with van der Waals surface area (Å²) in [5.41, 5.74) is 0. The second-order valence-electron chi connectivity index (χ2n) is 1.22. The van der Waals surface area contributed by atoms with Crippen molar-refractivity contribution in [3.63, 3.8) is 0 Å². The first-order valence-electron chi connectivity index (χ1n) is 3.33. The molecule has 0 spiro atoms. The van der Waals surface area contributed by atoms with Gasteiger partial charge in [0.05, 0.1) is 0 Å². The van der Waals surface area contributed by atoms with Crippen molar-refractivity contribution in [2.75, 3.05) is 13.1 Å². The van der Waals surface area contributed by atoms with Crippen LogP contribution in [0.1, 0.15) is 13.8 Å². The SMILES string of the molecule is CCN(P)CC.[C-]#[O+].[C-]#[O+].[C-]#[O+].[C-]#[O+].[C-]#[O+].[Cr]. The molecule has 1 atom stereocenters. The van der Waals surface area contributed by atoms with Gasteiger partial charge in [-0.15, -0.1) is 0 Å². The maximum atomic E-state index is 7.50. The molecular weight excluding hydrogens is 285 g/mol.